The van der Waals surface area contributed by atoms with Crippen LogP contribution in [0.1, 0.15) is 57.4 Å². The van der Waals surface area contributed by atoms with E-state index in [4.69, 9.17) is 0 Å². The monoisotopic (exact) mass is 420 g/mol. The van der Waals surface area contributed by atoms with Gasteiger partial charge in [0.15, 0.2) is 0 Å². The zero-order chi connectivity index (χ0) is 21.8. The molecule has 4 amide bonds. The zero-order valence-electron chi connectivity index (χ0n) is 17.7. The summed E-state index contributed by atoms with van der Waals surface area (Å²) in [5.41, 5.74) is 0.759. The van der Waals surface area contributed by atoms with Crippen LogP contribution in [0.4, 0.5) is 9.18 Å². The van der Waals surface area contributed by atoms with E-state index in [0.29, 0.717) is 6.42 Å². The minimum atomic E-state index is -0.670. The van der Waals surface area contributed by atoms with Crippen LogP contribution in [0.3, 0.4) is 0 Å². The van der Waals surface area contributed by atoms with Crippen LogP contribution in [0, 0.1) is 5.82 Å². The standard InChI is InChI=1S/C22H33FN4O3/c1-2-7-19(26-22(30)25-16-17-8-10-18(23)11-9-17)21(29)24-13-12-20(28)27-14-5-3-4-6-15-27/h8-11,19H,2-7,12-16H2,1H3,(H,24,29)(H2,25,26,30). The average Bonchev–Trinajstić information content (AvgIpc) is 3.02. The Morgan fingerprint density at radius 1 is 1.03 bits per heavy atom. The second-order valence-corrected chi connectivity index (χ2v) is 7.63. The Kier molecular flexibility index (Phi) is 10.1. The van der Waals surface area contributed by atoms with E-state index < -0.39 is 12.1 Å². The minimum Gasteiger partial charge on any atom is -0.354 e. The van der Waals surface area contributed by atoms with Gasteiger partial charge < -0.3 is 20.9 Å². The molecule has 3 N–H and O–H groups in total. The summed E-state index contributed by atoms with van der Waals surface area (Å²) in [5.74, 6) is -0.566. The summed E-state index contributed by atoms with van der Waals surface area (Å²) < 4.78 is 12.9. The quantitative estimate of drug-likeness (QED) is 0.574. The summed E-state index contributed by atoms with van der Waals surface area (Å²) in [7, 11) is 0. The van der Waals surface area contributed by atoms with Gasteiger partial charge in [0.1, 0.15) is 11.9 Å². The molecule has 7 nitrogen and oxygen atoms in total. The number of amides is 4. The van der Waals surface area contributed by atoms with E-state index in [1.165, 1.54) is 12.1 Å². The molecular weight excluding hydrogens is 387 g/mol. The lowest BCUT2D eigenvalue weighted by molar-refractivity contribution is -0.131. The first kappa shape index (κ1) is 23.6. The summed E-state index contributed by atoms with van der Waals surface area (Å²) >= 11 is 0. The molecule has 1 atom stereocenters. The van der Waals surface area contributed by atoms with E-state index in [1.807, 2.05) is 11.8 Å². The van der Waals surface area contributed by atoms with Gasteiger partial charge in [0, 0.05) is 32.6 Å². The number of benzene rings is 1. The molecule has 1 heterocycles. The van der Waals surface area contributed by atoms with Crippen LogP contribution in [0.5, 0.6) is 0 Å². The average molecular weight is 421 g/mol. The number of nitrogens with one attached hydrogen (secondary N) is 3. The Bertz CT molecular complexity index is 688. The molecule has 8 heteroatoms. The second-order valence-electron chi connectivity index (χ2n) is 7.63. The first-order valence-corrected chi connectivity index (χ1v) is 10.8. The number of hydrogen-bond acceptors (Lipinski definition) is 3. The van der Waals surface area contributed by atoms with Crippen molar-refractivity contribution < 1.29 is 18.8 Å². The van der Waals surface area contributed by atoms with Crippen molar-refractivity contribution in [2.45, 2.75) is 64.5 Å². The van der Waals surface area contributed by atoms with Gasteiger partial charge in [-0.25, -0.2) is 9.18 Å². The molecule has 1 aromatic rings. The molecule has 0 saturated carbocycles. The number of hydrogen-bond donors (Lipinski definition) is 3. The van der Waals surface area contributed by atoms with Crippen LogP contribution in [-0.4, -0.2) is 48.4 Å². The molecule has 1 fully saturated rings. The van der Waals surface area contributed by atoms with E-state index in [-0.39, 0.29) is 37.1 Å². The molecule has 1 unspecified atom stereocenters. The Morgan fingerprint density at radius 2 is 1.70 bits per heavy atom. The summed E-state index contributed by atoms with van der Waals surface area (Å²) in [5, 5.41) is 8.12. The van der Waals surface area contributed by atoms with Crippen molar-refractivity contribution in [3.8, 4) is 0 Å². The van der Waals surface area contributed by atoms with Gasteiger partial charge in [-0.1, -0.05) is 38.3 Å². The predicted molar refractivity (Wildman–Crippen MR) is 113 cm³/mol. The third kappa shape index (κ3) is 8.39. The number of carbonyl (C=O) groups excluding carboxylic acids is 3. The largest absolute Gasteiger partial charge is 0.354 e. The Morgan fingerprint density at radius 3 is 2.33 bits per heavy atom. The normalized spacial score (nSPS) is 15.1. The number of likely N-dealkylation sites (tertiary alicyclic amines) is 1. The maximum Gasteiger partial charge on any atom is 0.315 e. The Labute approximate surface area is 177 Å². The molecule has 1 saturated heterocycles. The predicted octanol–water partition coefficient (Wildman–Crippen LogP) is 2.70. The summed E-state index contributed by atoms with van der Waals surface area (Å²) in [6.07, 6.45) is 5.88. The van der Waals surface area contributed by atoms with Crippen molar-refractivity contribution in [3.05, 3.63) is 35.6 Å². The highest BCUT2D eigenvalue weighted by Crippen LogP contribution is 2.10. The molecule has 1 aliphatic heterocycles. The molecule has 1 aliphatic rings. The fraction of sp³-hybridized carbons (Fsp3) is 0.591. The number of rotatable bonds is 9. The summed E-state index contributed by atoms with van der Waals surface area (Å²) in [6.45, 7) is 4.01. The van der Waals surface area contributed by atoms with Gasteiger partial charge in [-0.15, -0.1) is 0 Å². The van der Waals surface area contributed by atoms with Crippen LogP contribution in [0.25, 0.3) is 0 Å². The zero-order valence-corrected chi connectivity index (χ0v) is 17.7. The van der Waals surface area contributed by atoms with Gasteiger partial charge in [0.2, 0.25) is 11.8 Å². The SMILES string of the molecule is CCCC(NC(=O)NCc1ccc(F)cc1)C(=O)NCCC(=O)N1CCCCCC1. The molecule has 0 aromatic heterocycles. The lowest BCUT2D eigenvalue weighted by atomic mass is 10.1. The second kappa shape index (κ2) is 12.8. The van der Waals surface area contributed by atoms with E-state index >= 15 is 0 Å². The topological polar surface area (TPSA) is 90.5 Å². The van der Waals surface area contributed by atoms with Crippen LogP contribution >= 0.6 is 0 Å². The fourth-order valence-corrected chi connectivity index (χ4v) is 3.45. The van der Waals surface area contributed by atoms with Crippen molar-refractivity contribution in [3.63, 3.8) is 0 Å². The highest BCUT2D eigenvalue weighted by Gasteiger charge is 2.20. The van der Waals surface area contributed by atoms with Gasteiger partial charge in [-0.2, -0.15) is 0 Å². The van der Waals surface area contributed by atoms with E-state index in [1.54, 1.807) is 12.1 Å². The van der Waals surface area contributed by atoms with Crippen molar-refractivity contribution in [1.82, 2.24) is 20.9 Å². The molecule has 2 rings (SSSR count). The number of nitrogens with zero attached hydrogens (tertiary/aromatic N) is 1. The third-order valence-electron chi connectivity index (χ3n) is 5.16. The maximum absolute atomic E-state index is 12.9. The van der Waals surface area contributed by atoms with E-state index in [0.717, 1.165) is 50.8 Å². The van der Waals surface area contributed by atoms with Gasteiger partial charge in [-0.05, 0) is 37.0 Å². The van der Waals surface area contributed by atoms with Crippen LogP contribution < -0.4 is 16.0 Å². The number of carbonyl (C=O) groups is 3. The Hall–Kier alpha value is -2.64. The molecule has 1 aromatic carbocycles. The lowest BCUT2D eigenvalue weighted by Crippen LogP contribution is -2.50. The minimum absolute atomic E-state index is 0.0641. The van der Waals surface area contributed by atoms with Crippen molar-refractivity contribution in [2.75, 3.05) is 19.6 Å². The van der Waals surface area contributed by atoms with Crippen molar-refractivity contribution in [1.29, 1.82) is 0 Å². The molecule has 0 aliphatic carbocycles. The molecule has 0 radical (unpaired) electrons. The summed E-state index contributed by atoms with van der Waals surface area (Å²) in [6, 6.07) is 4.70. The van der Waals surface area contributed by atoms with Crippen LogP contribution in [0.15, 0.2) is 24.3 Å². The van der Waals surface area contributed by atoms with Crippen molar-refractivity contribution >= 4 is 17.8 Å². The first-order chi connectivity index (χ1) is 14.5. The fourth-order valence-electron chi connectivity index (χ4n) is 3.45. The van der Waals surface area contributed by atoms with Crippen LogP contribution in [-0.2, 0) is 16.1 Å². The molecular formula is C22H33FN4O3. The van der Waals surface area contributed by atoms with Gasteiger partial charge in [0.25, 0.3) is 0 Å². The number of halogens is 1. The van der Waals surface area contributed by atoms with E-state index in [2.05, 4.69) is 16.0 Å². The molecule has 166 valence electrons. The van der Waals surface area contributed by atoms with Crippen molar-refractivity contribution in [2.24, 2.45) is 0 Å². The molecule has 30 heavy (non-hydrogen) atoms. The molecule has 0 spiro atoms. The highest BCUT2D eigenvalue weighted by atomic mass is 19.1. The van der Waals surface area contributed by atoms with Gasteiger partial charge >= 0.3 is 6.03 Å². The van der Waals surface area contributed by atoms with Gasteiger partial charge in [0.05, 0.1) is 0 Å². The van der Waals surface area contributed by atoms with E-state index in [9.17, 15) is 18.8 Å². The maximum atomic E-state index is 12.9. The third-order valence-corrected chi connectivity index (χ3v) is 5.16. The van der Waals surface area contributed by atoms with Gasteiger partial charge in [-0.3, -0.25) is 9.59 Å². The number of urea groups is 1. The lowest BCUT2D eigenvalue weighted by Gasteiger charge is -2.21. The smallest absolute Gasteiger partial charge is 0.315 e. The summed E-state index contributed by atoms with van der Waals surface area (Å²) in [4.78, 5) is 38.8. The Balaban J connectivity index is 1.73. The highest BCUT2D eigenvalue weighted by molar-refractivity contribution is 5.87. The van der Waals surface area contributed by atoms with Crippen LogP contribution in [0.2, 0.25) is 0 Å². The molecule has 0 bridgehead atoms. The first-order valence-electron chi connectivity index (χ1n) is 10.8.